The fourth-order valence-electron chi connectivity index (χ4n) is 7.54. The molecule has 70 heavy (non-hydrogen) atoms. The summed E-state index contributed by atoms with van der Waals surface area (Å²) in [4.78, 5) is 38.2. The van der Waals surface area contributed by atoms with E-state index in [9.17, 15) is 14.4 Å². The van der Waals surface area contributed by atoms with Crippen LogP contribution in [0.15, 0.2) is 122 Å². The first-order valence-corrected chi connectivity index (χ1v) is 28.7. The molecular weight excluding hydrogens is 865 g/mol. The Kier molecular flexibility index (Phi) is 54.0. The minimum atomic E-state index is -0.809. The number of carbonyl (C=O) groups is 3. The van der Waals surface area contributed by atoms with Gasteiger partial charge in [0, 0.05) is 19.3 Å². The molecule has 0 aliphatic carbocycles. The van der Waals surface area contributed by atoms with Crippen molar-refractivity contribution in [3.05, 3.63) is 122 Å². The second-order valence-corrected chi connectivity index (χ2v) is 18.7. The molecule has 0 aromatic heterocycles. The molecule has 0 N–H and O–H groups in total. The van der Waals surface area contributed by atoms with Crippen LogP contribution in [0.3, 0.4) is 0 Å². The molecule has 6 heteroatoms. The summed E-state index contributed by atoms with van der Waals surface area (Å²) < 4.78 is 16.8. The van der Waals surface area contributed by atoms with Crippen LogP contribution in [0.5, 0.6) is 0 Å². The predicted molar refractivity (Wildman–Crippen MR) is 302 cm³/mol. The quantitative estimate of drug-likeness (QED) is 0.0199. The highest BCUT2D eigenvalue weighted by molar-refractivity contribution is 5.71. The van der Waals surface area contributed by atoms with Crippen LogP contribution in [0.2, 0.25) is 0 Å². The van der Waals surface area contributed by atoms with Crippen LogP contribution in [-0.2, 0) is 28.6 Å². The number of carbonyl (C=O) groups excluding carboxylic acids is 3. The zero-order chi connectivity index (χ0) is 50.7. The van der Waals surface area contributed by atoms with E-state index in [1.54, 1.807) is 0 Å². The molecule has 0 saturated heterocycles. The highest BCUT2D eigenvalue weighted by Gasteiger charge is 2.19. The lowest BCUT2D eigenvalue weighted by atomic mass is 10.1. The molecule has 0 amide bonds. The monoisotopic (exact) mass is 969 g/mol. The minimum absolute atomic E-state index is 0.104. The van der Waals surface area contributed by atoms with Crippen LogP contribution >= 0.6 is 0 Å². The van der Waals surface area contributed by atoms with E-state index >= 15 is 0 Å². The lowest BCUT2D eigenvalue weighted by Crippen LogP contribution is -2.30. The van der Waals surface area contributed by atoms with Crippen LogP contribution in [-0.4, -0.2) is 37.2 Å². The van der Waals surface area contributed by atoms with Gasteiger partial charge >= 0.3 is 17.9 Å². The Morgan fingerprint density at radius 1 is 0.286 bits per heavy atom. The molecule has 0 heterocycles. The summed E-state index contributed by atoms with van der Waals surface area (Å²) in [5, 5.41) is 0. The Morgan fingerprint density at radius 3 is 0.929 bits per heavy atom. The summed E-state index contributed by atoms with van der Waals surface area (Å²) in [6, 6.07) is 0. The van der Waals surface area contributed by atoms with E-state index in [0.717, 1.165) is 122 Å². The average molecular weight is 970 g/mol. The van der Waals surface area contributed by atoms with E-state index < -0.39 is 6.10 Å². The Morgan fingerprint density at radius 2 is 0.557 bits per heavy atom. The largest absolute Gasteiger partial charge is 0.462 e. The molecule has 0 aromatic carbocycles. The zero-order valence-corrected chi connectivity index (χ0v) is 45.2. The molecule has 0 fully saturated rings. The standard InChI is InChI=1S/C64H104O6/c1-4-7-10-13-16-19-22-25-28-31-33-36-39-42-45-48-51-54-57-63(66)69-60-61(59-68-62(65)56-53-50-47-44-41-38-35-30-27-24-21-18-15-12-9-6-3)70-64(67)58-55-52-49-46-43-40-37-34-32-29-26-23-20-17-14-11-8-5-2/h10,13,16-17,19-20,22-23,25-26,28-37,61H,4-9,11-12,14-15,18,21,24,27,38-60H2,1-3H3/b13-10-,19-16-,20-17-,25-22-,26-23-,31-28-,32-29-,35-30-,36-33-,37-34-. The fourth-order valence-corrected chi connectivity index (χ4v) is 7.54. The SMILES string of the molecule is CCC\C=C/C=C\C=C/C=C\C=C/CCCCCCCC(=O)OCC(COC(=O)CCCCCCC/C=C\CCCCCCCCC)OC(=O)CCCCCCC\C=C/C=C\C=C/C=C\CCCCC. The topological polar surface area (TPSA) is 78.9 Å². The Balaban J connectivity index is 4.53. The van der Waals surface area contributed by atoms with Gasteiger partial charge in [-0.15, -0.1) is 0 Å². The molecule has 6 nitrogen and oxygen atoms in total. The summed E-state index contributed by atoms with van der Waals surface area (Å²) in [7, 11) is 0. The molecule has 0 saturated carbocycles. The molecule has 0 spiro atoms. The summed E-state index contributed by atoms with van der Waals surface area (Å²) in [6.45, 7) is 6.46. The normalized spacial score (nSPS) is 13.0. The predicted octanol–water partition coefficient (Wildman–Crippen LogP) is 19.3. The number of hydrogen-bond acceptors (Lipinski definition) is 6. The van der Waals surface area contributed by atoms with Gasteiger partial charge in [-0.2, -0.15) is 0 Å². The fraction of sp³-hybridized carbons (Fsp3) is 0.641. The van der Waals surface area contributed by atoms with E-state index in [4.69, 9.17) is 14.2 Å². The van der Waals surface area contributed by atoms with E-state index in [2.05, 4.69) is 118 Å². The van der Waals surface area contributed by atoms with Crippen molar-refractivity contribution in [1.82, 2.24) is 0 Å². The number of ether oxygens (including phenoxy) is 3. The van der Waals surface area contributed by atoms with Gasteiger partial charge in [-0.3, -0.25) is 14.4 Å². The van der Waals surface area contributed by atoms with Crippen molar-refractivity contribution in [2.75, 3.05) is 13.2 Å². The molecule has 0 aliphatic rings. The molecule has 0 aromatic rings. The summed E-state index contributed by atoms with van der Waals surface area (Å²) in [5.74, 6) is -0.961. The molecule has 0 aliphatic heterocycles. The molecule has 1 unspecified atom stereocenters. The van der Waals surface area contributed by atoms with Gasteiger partial charge in [-0.25, -0.2) is 0 Å². The van der Waals surface area contributed by atoms with Gasteiger partial charge in [0.2, 0.25) is 0 Å². The van der Waals surface area contributed by atoms with Crippen molar-refractivity contribution in [1.29, 1.82) is 0 Å². The maximum absolute atomic E-state index is 12.9. The van der Waals surface area contributed by atoms with Gasteiger partial charge in [-0.05, 0) is 89.9 Å². The van der Waals surface area contributed by atoms with Gasteiger partial charge in [0.05, 0.1) is 0 Å². The first kappa shape index (κ1) is 65.8. The number of allylic oxidation sites excluding steroid dienone is 20. The second-order valence-electron chi connectivity index (χ2n) is 18.7. The van der Waals surface area contributed by atoms with E-state index in [-0.39, 0.29) is 31.1 Å². The number of rotatable bonds is 50. The van der Waals surface area contributed by atoms with E-state index in [1.165, 1.54) is 83.5 Å². The highest BCUT2D eigenvalue weighted by atomic mass is 16.6. The van der Waals surface area contributed by atoms with Crippen molar-refractivity contribution in [2.45, 2.75) is 252 Å². The summed E-state index contributed by atoms with van der Waals surface area (Å²) >= 11 is 0. The lowest BCUT2D eigenvalue weighted by Gasteiger charge is -2.18. The van der Waals surface area contributed by atoms with Gasteiger partial charge < -0.3 is 14.2 Å². The van der Waals surface area contributed by atoms with Crippen LogP contribution in [0, 0.1) is 0 Å². The third-order valence-electron chi connectivity index (χ3n) is 11.9. The van der Waals surface area contributed by atoms with Gasteiger partial charge in [0.1, 0.15) is 13.2 Å². The van der Waals surface area contributed by atoms with Gasteiger partial charge in [0.25, 0.3) is 0 Å². The average Bonchev–Trinajstić information content (AvgIpc) is 3.36. The van der Waals surface area contributed by atoms with Crippen LogP contribution in [0.25, 0.3) is 0 Å². The maximum Gasteiger partial charge on any atom is 0.306 e. The second kappa shape index (κ2) is 57.4. The Labute approximate surface area is 431 Å². The first-order valence-electron chi connectivity index (χ1n) is 28.7. The van der Waals surface area contributed by atoms with Crippen molar-refractivity contribution in [2.24, 2.45) is 0 Å². The smallest absolute Gasteiger partial charge is 0.306 e. The van der Waals surface area contributed by atoms with Crippen molar-refractivity contribution < 1.29 is 28.6 Å². The van der Waals surface area contributed by atoms with E-state index in [0.29, 0.717) is 19.3 Å². The van der Waals surface area contributed by atoms with Crippen LogP contribution < -0.4 is 0 Å². The zero-order valence-electron chi connectivity index (χ0n) is 45.2. The molecule has 0 radical (unpaired) electrons. The van der Waals surface area contributed by atoms with Crippen molar-refractivity contribution >= 4 is 17.9 Å². The molecule has 1 atom stereocenters. The first-order chi connectivity index (χ1) is 34.5. The molecular formula is C64H104O6. The molecule has 0 bridgehead atoms. The number of esters is 3. The molecule has 396 valence electrons. The summed E-state index contributed by atoms with van der Waals surface area (Å²) in [5.41, 5.74) is 0. The van der Waals surface area contributed by atoms with Crippen molar-refractivity contribution in [3.8, 4) is 0 Å². The van der Waals surface area contributed by atoms with Gasteiger partial charge in [0.15, 0.2) is 6.10 Å². The third kappa shape index (κ3) is 54.7. The molecule has 0 rings (SSSR count). The van der Waals surface area contributed by atoms with E-state index in [1.807, 2.05) is 24.3 Å². The highest BCUT2D eigenvalue weighted by Crippen LogP contribution is 2.14. The summed E-state index contributed by atoms with van der Waals surface area (Å²) in [6.07, 6.45) is 78.8. The van der Waals surface area contributed by atoms with Crippen LogP contribution in [0.1, 0.15) is 245 Å². The third-order valence-corrected chi connectivity index (χ3v) is 11.9. The lowest BCUT2D eigenvalue weighted by molar-refractivity contribution is -0.167. The Bertz CT molecular complexity index is 1490. The Hall–Kier alpha value is -4.19. The van der Waals surface area contributed by atoms with Gasteiger partial charge in [-0.1, -0.05) is 258 Å². The minimum Gasteiger partial charge on any atom is -0.462 e. The number of unbranched alkanes of at least 4 members (excludes halogenated alkanes) is 26. The number of hydrogen-bond donors (Lipinski definition) is 0. The van der Waals surface area contributed by atoms with Crippen LogP contribution in [0.4, 0.5) is 0 Å². The van der Waals surface area contributed by atoms with Crippen molar-refractivity contribution in [3.63, 3.8) is 0 Å². The maximum atomic E-state index is 12.9.